The summed E-state index contributed by atoms with van der Waals surface area (Å²) in [7, 11) is 0. The van der Waals surface area contributed by atoms with Crippen molar-refractivity contribution in [1.29, 1.82) is 0 Å². The van der Waals surface area contributed by atoms with Crippen LogP contribution in [0.15, 0.2) is 48.8 Å². The van der Waals surface area contributed by atoms with E-state index in [-0.39, 0.29) is 0 Å². The topological polar surface area (TPSA) is 35.0 Å². The maximum Gasteiger partial charge on any atom is 0.238 e. The molecule has 0 atom stereocenters. The highest BCUT2D eigenvalue weighted by atomic mass is 35.5. The summed E-state index contributed by atoms with van der Waals surface area (Å²) in [5, 5.41) is 2.56. The summed E-state index contributed by atoms with van der Waals surface area (Å²) in [5.74, 6) is 1.40. The molecule has 0 aliphatic rings. The van der Waals surface area contributed by atoms with Gasteiger partial charge in [-0.05, 0) is 12.1 Å². The van der Waals surface area contributed by atoms with Crippen LogP contribution < -0.4 is 4.74 Å². The fourth-order valence-electron chi connectivity index (χ4n) is 1.94. The number of nitrogens with zero attached hydrogens (tertiary/aromatic N) is 2. The number of hydrogen-bond acceptors (Lipinski definition) is 3. The van der Waals surface area contributed by atoms with Crippen molar-refractivity contribution in [3.63, 3.8) is 0 Å². The van der Waals surface area contributed by atoms with E-state index in [4.69, 9.17) is 27.9 Å². The van der Waals surface area contributed by atoms with Crippen LogP contribution >= 0.6 is 23.2 Å². The van der Waals surface area contributed by atoms with Crippen LogP contribution in [0.1, 0.15) is 5.69 Å². The third kappa shape index (κ3) is 2.55. The van der Waals surface area contributed by atoms with Crippen LogP contribution in [0.4, 0.5) is 0 Å². The van der Waals surface area contributed by atoms with Crippen LogP contribution in [0.2, 0.25) is 5.02 Å². The van der Waals surface area contributed by atoms with Gasteiger partial charge < -0.3 is 4.74 Å². The van der Waals surface area contributed by atoms with E-state index >= 15 is 0 Å². The molecule has 0 amide bonds. The molecule has 20 heavy (non-hydrogen) atoms. The first kappa shape index (κ1) is 13.2. The third-order valence-corrected chi connectivity index (χ3v) is 3.45. The van der Waals surface area contributed by atoms with Gasteiger partial charge in [0.2, 0.25) is 5.88 Å². The number of hydrogen-bond donors (Lipinski definition) is 0. The fourth-order valence-corrected chi connectivity index (χ4v) is 2.29. The molecule has 0 saturated carbocycles. The smallest absolute Gasteiger partial charge is 0.238 e. The Morgan fingerprint density at radius 1 is 1.00 bits per heavy atom. The Bertz CT molecular complexity index is 762. The van der Waals surface area contributed by atoms with E-state index in [1.165, 1.54) is 0 Å². The Labute approximate surface area is 126 Å². The van der Waals surface area contributed by atoms with Crippen LogP contribution in [0.25, 0.3) is 10.8 Å². The summed E-state index contributed by atoms with van der Waals surface area (Å²) in [4.78, 5) is 8.32. The van der Waals surface area contributed by atoms with Gasteiger partial charge in [0.25, 0.3) is 0 Å². The van der Waals surface area contributed by atoms with Gasteiger partial charge in [0.1, 0.15) is 5.75 Å². The summed E-state index contributed by atoms with van der Waals surface area (Å²) in [6, 6.07) is 11.4. The van der Waals surface area contributed by atoms with Crippen molar-refractivity contribution in [2.45, 2.75) is 5.88 Å². The lowest BCUT2D eigenvalue weighted by atomic mass is 10.1. The minimum absolute atomic E-state index is 0.297. The van der Waals surface area contributed by atoms with Crippen LogP contribution in [-0.2, 0) is 5.88 Å². The molecule has 0 bridgehead atoms. The number of benzene rings is 2. The van der Waals surface area contributed by atoms with E-state index in [0.29, 0.717) is 28.2 Å². The van der Waals surface area contributed by atoms with Crippen molar-refractivity contribution in [1.82, 2.24) is 9.97 Å². The van der Waals surface area contributed by atoms with Crippen molar-refractivity contribution in [2.24, 2.45) is 0 Å². The van der Waals surface area contributed by atoms with Gasteiger partial charge in [-0.1, -0.05) is 35.9 Å². The monoisotopic (exact) mass is 304 g/mol. The van der Waals surface area contributed by atoms with Gasteiger partial charge in [-0.2, -0.15) is 0 Å². The van der Waals surface area contributed by atoms with Gasteiger partial charge in [0.15, 0.2) is 0 Å². The standard InChI is InChI=1S/C15H10Cl2N2O/c16-7-10-8-18-9-15(19-10)20-14-6-5-13(17)11-3-1-2-4-12(11)14/h1-6,8-9H,7H2. The molecule has 0 spiro atoms. The molecule has 3 rings (SSSR count). The molecule has 0 radical (unpaired) electrons. The Morgan fingerprint density at radius 2 is 1.80 bits per heavy atom. The highest BCUT2D eigenvalue weighted by Crippen LogP contribution is 2.33. The van der Waals surface area contributed by atoms with Gasteiger partial charge in [0, 0.05) is 22.0 Å². The zero-order valence-corrected chi connectivity index (χ0v) is 11.9. The third-order valence-electron chi connectivity index (χ3n) is 2.84. The highest BCUT2D eigenvalue weighted by Gasteiger charge is 2.07. The van der Waals surface area contributed by atoms with Gasteiger partial charge in [0.05, 0.1) is 17.8 Å². The first-order valence-electron chi connectivity index (χ1n) is 6.00. The van der Waals surface area contributed by atoms with Crippen molar-refractivity contribution in [3.8, 4) is 11.6 Å². The van der Waals surface area contributed by atoms with Crippen molar-refractivity contribution in [2.75, 3.05) is 0 Å². The van der Waals surface area contributed by atoms with Crippen molar-refractivity contribution >= 4 is 34.0 Å². The molecular formula is C15H10Cl2N2O. The van der Waals surface area contributed by atoms with E-state index in [1.807, 2.05) is 30.3 Å². The quantitative estimate of drug-likeness (QED) is 0.651. The van der Waals surface area contributed by atoms with Gasteiger partial charge in [-0.15, -0.1) is 11.6 Å². The van der Waals surface area contributed by atoms with Crippen LogP contribution in [0, 0.1) is 0 Å². The van der Waals surface area contributed by atoms with E-state index < -0.39 is 0 Å². The minimum Gasteiger partial charge on any atom is -0.437 e. The summed E-state index contributed by atoms with van der Waals surface area (Å²) >= 11 is 11.9. The summed E-state index contributed by atoms with van der Waals surface area (Å²) in [5.41, 5.74) is 0.669. The summed E-state index contributed by atoms with van der Waals surface area (Å²) < 4.78 is 5.80. The maximum absolute atomic E-state index is 6.18. The second-order valence-corrected chi connectivity index (χ2v) is 4.85. The first-order valence-corrected chi connectivity index (χ1v) is 6.91. The van der Waals surface area contributed by atoms with E-state index in [0.717, 1.165) is 10.8 Å². The van der Waals surface area contributed by atoms with Crippen molar-refractivity contribution in [3.05, 3.63) is 59.5 Å². The Kier molecular flexibility index (Phi) is 3.72. The zero-order valence-electron chi connectivity index (χ0n) is 10.4. The second-order valence-electron chi connectivity index (χ2n) is 4.18. The van der Waals surface area contributed by atoms with E-state index in [2.05, 4.69) is 9.97 Å². The fraction of sp³-hybridized carbons (Fsp3) is 0.0667. The minimum atomic E-state index is 0.297. The predicted molar refractivity (Wildman–Crippen MR) is 80.6 cm³/mol. The molecule has 0 unspecified atom stereocenters. The SMILES string of the molecule is ClCc1cncc(Oc2ccc(Cl)c3ccccc23)n1. The van der Waals surface area contributed by atoms with Crippen LogP contribution in [0.3, 0.4) is 0 Å². The number of fused-ring (bicyclic) bond motifs is 1. The predicted octanol–water partition coefficient (Wildman–Crippen LogP) is 4.81. The Balaban J connectivity index is 2.04. The molecule has 100 valence electrons. The number of rotatable bonds is 3. The average molecular weight is 305 g/mol. The average Bonchev–Trinajstić information content (AvgIpc) is 2.51. The second kappa shape index (κ2) is 5.65. The molecule has 0 aliphatic carbocycles. The molecule has 2 aromatic carbocycles. The molecule has 3 aromatic rings. The molecule has 1 heterocycles. The van der Waals surface area contributed by atoms with Gasteiger partial charge >= 0.3 is 0 Å². The maximum atomic E-state index is 6.18. The summed E-state index contributed by atoms with van der Waals surface area (Å²) in [6.45, 7) is 0. The highest BCUT2D eigenvalue weighted by molar-refractivity contribution is 6.35. The van der Waals surface area contributed by atoms with Crippen LogP contribution in [0.5, 0.6) is 11.6 Å². The molecule has 0 aliphatic heterocycles. The number of ether oxygens (including phenoxy) is 1. The molecular weight excluding hydrogens is 295 g/mol. The molecule has 0 N–H and O–H groups in total. The number of alkyl halides is 1. The molecule has 5 heteroatoms. The molecule has 0 saturated heterocycles. The lowest BCUT2D eigenvalue weighted by molar-refractivity contribution is 0.463. The van der Waals surface area contributed by atoms with Crippen molar-refractivity contribution < 1.29 is 4.74 Å². The summed E-state index contributed by atoms with van der Waals surface area (Å²) in [6.07, 6.45) is 3.17. The van der Waals surface area contributed by atoms with E-state index in [1.54, 1.807) is 18.5 Å². The van der Waals surface area contributed by atoms with Crippen LogP contribution in [-0.4, -0.2) is 9.97 Å². The largest absolute Gasteiger partial charge is 0.437 e. The Hall–Kier alpha value is -1.84. The lowest BCUT2D eigenvalue weighted by Gasteiger charge is -2.09. The van der Waals surface area contributed by atoms with Gasteiger partial charge in [-0.3, -0.25) is 4.98 Å². The Morgan fingerprint density at radius 3 is 2.60 bits per heavy atom. The number of halogens is 2. The zero-order chi connectivity index (χ0) is 13.9. The lowest BCUT2D eigenvalue weighted by Crippen LogP contribution is -1.93. The molecule has 1 aromatic heterocycles. The van der Waals surface area contributed by atoms with Gasteiger partial charge in [-0.25, -0.2) is 4.98 Å². The normalized spacial score (nSPS) is 10.7. The molecule has 0 fully saturated rings. The van der Waals surface area contributed by atoms with E-state index in [9.17, 15) is 0 Å². The molecule has 3 nitrogen and oxygen atoms in total. The number of aromatic nitrogens is 2. The first-order chi connectivity index (χ1) is 9.78.